The summed E-state index contributed by atoms with van der Waals surface area (Å²) in [6, 6.07) is 22.8. The Balaban J connectivity index is 1.17. The van der Waals surface area contributed by atoms with E-state index in [-0.39, 0.29) is 6.03 Å². The van der Waals surface area contributed by atoms with Crippen molar-refractivity contribution < 1.29 is 9.21 Å². The summed E-state index contributed by atoms with van der Waals surface area (Å²) < 4.78 is 5.91. The summed E-state index contributed by atoms with van der Waals surface area (Å²) in [5, 5.41) is 9.78. The molecule has 0 saturated heterocycles. The Kier molecular flexibility index (Phi) is 6.11. The van der Waals surface area contributed by atoms with Crippen molar-refractivity contribution in [3.05, 3.63) is 97.1 Å². The highest BCUT2D eigenvalue weighted by atomic mass is 16.3. The van der Waals surface area contributed by atoms with Gasteiger partial charge < -0.3 is 20.4 Å². The van der Waals surface area contributed by atoms with Crippen LogP contribution in [0, 0.1) is 0 Å². The van der Waals surface area contributed by atoms with Gasteiger partial charge in [-0.15, -0.1) is 0 Å². The zero-order valence-corrected chi connectivity index (χ0v) is 18.2. The summed E-state index contributed by atoms with van der Waals surface area (Å²) in [4.78, 5) is 24.7. The van der Waals surface area contributed by atoms with Crippen LogP contribution in [0.15, 0.2) is 95.9 Å². The van der Waals surface area contributed by atoms with Crippen molar-refractivity contribution >= 4 is 34.3 Å². The summed E-state index contributed by atoms with van der Waals surface area (Å²) in [7, 11) is 0. The Labute approximate surface area is 196 Å². The third-order valence-electron chi connectivity index (χ3n) is 5.23. The monoisotopic (exact) mass is 450 g/mol. The molecule has 34 heavy (non-hydrogen) atoms. The Morgan fingerprint density at radius 2 is 1.71 bits per heavy atom. The lowest BCUT2D eigenvalue weighted by molar-refractivity contribution is 0.262. The molecule has 0 bridgehead atoms. The topological polar surface area (TPSA) is 105 Å². The average Bonchev–Trinajstić information content (AvgIpc) is 3.32. The van der Waals surface area contributed by atoms with Crippen LogP contribution in [0.5, 0.6) is 0 Å². The molecule has 0 aliphatic heterocycles. The van der Waals surface area contributed by atoms with Gasteiger partial charge in [0.05, 0.1) is 17.3 Å². The number of hydrogen-bond donors (Lipinski definition) is 3. The lowest BCUT2D eigenvalue weighted by Crippen LogP contribution is -2.19. The molecule has 3 aromatic heterocycles. The molecule has 8 heteroatoms. The van der Waals surface area contributed by atoms with Gasteiger partial charge >= 0.3 is 6.03 Å². The predicted octanol–water partition coefficient (Wildman–Crippen LogP) is 5.58. The number of aromatic nitrogens is 3. The number of rotatable bonds is 7. The number of nitrogens with zero attached hydrogens (tertiary/aromatic N) is 3. The molecule has 2 amide bonds. The third kappa shape index (κ3) is 5.02. The number of amides is 2. The molecule has 2 aromatic carbocycles. The maximum atomic E-state index is 12.1. The van der Waals surface area contributed by atoms with Gasteiger partial charge in [0.2, 0.25) is 5.71 Å². The lowest BCUT2D eigenvalue weighted by Gasteiger charge is -2.09. The van der Waals surface area contributed by atoms with Crippen molar-refractivity contribution in [3.8, 4) is 11.3 Å². The summed E-state index contributed by atoms with van der Waals surface area (Å²) in [5.74, 6) is 1.50. The van der Waals surface area contributed by atoms with E-state index in [0.29, 0.717) is 23.6 Å². The van der Waals surface area contributed by atoms with Crippen molar-refractivity contribution in [1.82, 2.24) is 15.0 Å². The zero-order valence-electron chi connectivity index (χ0n) is 18.2. The predicted molar refractivity (Wildman–Crippen MR) is 133 cm³/mol. The van der Waals surface area contributed by atoms with Gasteiger partial charge in [-0.1, -0.05) is 42.5 Å². The molecule has 3 N–H and O–H groups in total. The van der Waals surface area contributed by atoms with Gasteiger partial charge in [0.1, 0.15) is 17.9 Å². The van der Waals surface area contributed by atoms with Gasteiger partial charge in [-0.2, -0.15) is 0 Å². The number of hydrogen-bond acceptors (Lipinski definition) is 6. The van der Waals surface area contributed by atoms with Crippen molar-refractivity contribution in [1.29, 1.82) is 0 Å². The highest BCUT2D eigenvalue weighted by molar-refractivity contribution is 5.99. The fraction of sp³-hybridized carbons (Fsp3) is 0.0769. The van der Waals surface area contributed by atoms with E-state index in [1.807, 2.05) is 60.7 Å². The molecule has 168 valence electrons. The number of benzene rings is 2. The Morgan fingerprint density at radius 1 is 0.882 bits per heavy atom. The van der Waals surface area contributed by atoms with Crippen LogP contribution in [-0.4, -0.2) is 27.5 Å². The SMILES string of the molecule is O=C(Nc1ccc(CCNc2ncnc3oc(-c4ccccc4)cc23)cc1)Nc1cccnc1. The highest BCUT2D eigenvalue weighted by Gasteiger charge is 2.11. The minimum Gasteiger partial charge on any atom is -0.438 e. The van der Waals surface area contributed by atoms with Gasteiger partial charge in [-0.25, -0.2) is 14.8 Å². The van der Waals surface area contributed by atoms with E-state index in [4.69, 9.17) is 4.42 Å². The standard InChI is InChI=1S/C26H22N6O2/c33-26(32-21-7-4-13-27-16-21)31-20-10-8-18(9-11-20)12-14-28-24-22-15-23(19-5-2-1-3-6-19)34-25(22)30-17-29-24/h1-11,13,15-17H,12,14H2,(H,28,29,30)(H2,31,32,33). The maximum absolute atomic E-state index is 12.1. The number of urea groups is 1. The first-order chi connectivity index (χ1) is 16.7. The zero-order chi connectivity index (χ0) is 23.2. The molecule has 0 saturated carbocycles. The molecule has 0 fully saturated rings. The number of carbonyl (C=O) groups excluding carboxylic acids is 1. The average molecular weight is 451 g/mol. The lowest BCUT2D eigenvalue weighted by atomic mass is 10.1. The molecule has 0 atom stereocenters. The highest BCUT2D eigenvalue weighted by Crippen LogP contribution is 2.29. The van der Waals surface area contributed by atoms with Crippen molar-refractivity contribution in [2.24, 2.45) is 0 Å². The Morgan fingerprint density at radius 3 is 2.50 bits per heavy atom. The molecule has 0 unspecified atom stereocenters. The minimum absolute atomic E-state index is 0.315. The molecular weight excluding hydrogens is 428 g/mol. The van der Waals surface area contributed by atoms with Crippen molar-refractivity contribution in [2.45, 2.75) is 6.42 Å². The van der Waals surface area contributed by atoms with Gasteiger partial charge in [0.25, 0.3) is 0 Å². The molecule has 0 aliphatic rings. The second kappa shape index (κ2) is 9.83. The fourth-order valence-electron chi connectivity index (χ4n) is 3.55. The number of anilines is 3. The van der Waals surface area contributed by atoms with Gasteiger partial charge in [0.15, 0.2) is 0 Å². The van der Waals surface area contributed by atoms with Gasteiger partial charge in [-0.3, -0.25) is 4.98 Å². The van der Waals surface area contributed by atoms with Crippen molar-refractivity contribution in [2.75, 3.05) is 22.5 Å². The van der Waals surface area contributed by atoms with Crippen LogP contribution in [0.1, 0.15) is 5.56 Å². The molecule has 8 nitrogen and oxygen atoms in total. The second-order valence-corrected chi connectivity index (χ2v) is 7.61. The first kappa shape index (κ1) is 21.1. The van der Waals surface area contributed by atoms with E-state index in [9.17, 15) is 4.79 Å². The van der Waals surface area contributed by atoms with Crippen LogP contribution in [0.25, 0.3) is 22.4 Å². The quantitative estimate of drug-likeness (QED) is 0.299. The number of fused-ring (bicyclic) bond motifs is 1. The number of pyridine rings is 1. The summed E-state index contributed by atoms with van der Waals surface area (Å²) in [6.07, 6.45) is 5.53. The van der Waals surface area contributed by atoms with Crippen molar-refractivity contribution in [3.63, 3.8) is 0 Å². The second-order valence-electron chi connectivity index (χ2n) is 7.61. The minimum atomic E-state index is -0.315. The fourth-order valence-corrected chi connectivity index (χ4v) is 3.55. The van der Waals surface area contributed by atoms with E-state index in [0.717, 1.165) is 34.5 Å². The first-order valence-electron chi connectivity index (χ1n) is 10.9. The van der Waals surface area contributed by atoms with E-state index in [1.54, 1.807) is 24.5 Å². The molecule has 5 aromatic rings. The van der Waals surface area contributed by atoms with E-state index in [2.05, 4.69) is 30.9 Å². The molecule has 0 radical (unpaired) electrons. The first-order valence-corrected chi connectivity index (χ1v) is 10.9. The number of carbonyl (C=O) groups is 1. The molecule has 0 spiro atoms. The maximum Gasteiger partial charge on any atom is 0.323 e. The van der Waals surface area contributed by atoms with Crippen LogP contribution in [0.2, 0.25) is 0 Å². The summed E-state index contributed by atoms with van der Waals surface area (Å²) >= 11 is 0. The molecular formula is C26H22N6O2. The van der Waals surface area contributed by atoms with Crippen LogP contribution in [-0.2, 0) is 6.42 Å². The number of nitrogens with one attached hydrogen (secondary N) is 3. The smallest absolute Gasteiger partial charge is 0.323 e. The Hall–Kier alpha value is -4.72. The van der Waals surface area contributed by atoms with E-state index in [1.165, 1.54) is 6.33 Å². The van der Waals surface area contributed by atoms with Crippen LogP contribution in [0.4, 0.5) is 22.0 Å². The van der Waals surface area contributed by atoms with Gasteiger partial charge in [0, 0.05) is 24.0 Å². The summed E-state index contributed by atoms with van der Waals surface area (Å²) in [5.41, 5.74) is 4.02. The Bertz CT molecular complexity index is 1390. The van der Waals surface area contributed by atoms with E-state index < -0.39 is 0 Å². The molecule has 0 aliphatic carbocycles. The normalized spacial score (nSPS) is 10.7. The number of furan rings is 1. The van der Waals surface area contributed by atoms with Crippen LogP contribution in [0.3, 0.4) is 0 Å². The van der Waals surface area contributed by atoms with E-state index >= 15 is 0 Å². The van der Waals surface area contributed by atoms with Crippen LogP contribution < -0.4 is 16.0 Å². The molecule has 3 heterocycles. The molecule has 5 rings (SSSR count). The summed E-state index contributed by atoms with van der Waals surface area (Å²) in [6.45, 7) is 0.687. The van der Waals surface area contributed by atoms with Crippen LogP contribution >= 0.6 is 0 Å². The largest absolute Gasteiger partial charge is 0.438 e. The third-order valence-corrected chi connectivity index (χ3v) is 5.23. The van der Waals surface area contributed by atoms with Gasteiger partial charge in [-0.05, 0) is 42.3 Å².